The summed E-state index contributed by atoms with van der Waals surface area (Å²) < 4.78 is 6.11. The predicted octanol–water partition coefficient (Wildman–Crippen LogP) is 2.32. The van der Waals surface area contributed by atoms with Crippen LogP contribution in [0.15, 0.2) is 0 Å². The van der Waals surface area contributed by atoms with Crippen molar-refractivity contribution in [2.75, 3.05) is 6.54 Å². The van der Waals surface area contributed by atoms with E-state index in [1.54, 1.807) is 0 Å². The molecule has 0 aromatic rings. The van der Waals surface area contributed by atoms with Gasteiger partial charge in [-0.3, -0.25) is 0 Å². The molecule has 0 aromatic heterocycles. The Balaban J connectivity index is 1.96. The maximum atomic E-state index is 6.11. The van der Waals surface area contributed by atoms with Crippen molar-refractivity contribution in [3.63, 3.8) is 0 Å². The first-order chi connectivity index (χ1) is 6.48. The normalized spacial score (nSPS) is 35.1. The van der Waals surface area contributed by atoms with Crippen molar-refractivity contribution in [1.82, 2.24) is 0 Å². The average molecular weight is 197 g/mol. The van der Waals surface area contributed by atoms with Crippen LogP contribution in [0.4, 0.5) is 0 Å². The largest absolute Gasteiger partial charge is 0.372 e. The van der Waals surface area contributed by atoms with E-state index < -0.39 is 0 Å². The molecule has 0 saturated heterocycles. The van der Waals surface area contributed by atoms with Gasteiger partial charge in [-0.25, -0.2) is 0 Å². The molecule has 1 spiro atoms. The van der Waals surface area contributed by atoms with E-state index in [-0.39, 0.29) is 5.60 Å². The molecule has 2 aliphatic carbocycles. The lowest BCUT2D eigenvalue weighted by molar-refractivity contribution is -0.229. The van der Waals surface area contributed by atoms with E-state index in [1.165, 1.54) is 25.7 Å². The summed E-state index contributed by atoms with van der Waals surface area (Å²) in [6, 6.07) is 0. The Bertz CT molecular complexity index is 215. The molecule has 2 saturated carbocycles. The topological polar surface area (TPSA) is 35.2 Å². The summed E-state index contributed by atoms with van der Waals surface area (Å²) in [7, 11) is 0. The summed E-state index contributed by atoms with van der Waals surface area (Å²) in [5, 5.41) is 0. The van der Waals surface area contributed by atoms with E-state index in [0.717, 1.165) is 12.5 Å². The second-order valence-corrected chi connectivity index (χ2v) is 5.97. The maximum Gasteiger partial charge on any atom is 0.0644 e. The number of nitrogens with two attached hydrogens (primary N) is 1. The van der Waals surface area contributed by atoms with E-state index >= 15 is 0 Å². The molecule has 0 aromatic carbocycles. The molecule has 2 unspecified atom stereocenters. The third-order valence-corrected chi connectivity index (χ3v) is 4.02. The highest BCUT2D eigenvalue weighted by atomic mass is 16.5. The van der Waals surface area contributed by atoms with Crippen molar-refractivity contribution >= 4 is 0 Å². The summed E-state index contributed by atoms with van der Waals surface area (Å²) in [5.74, 6) is 0.739. The zero-order valence-corrected chi connectivity index (χ0v) is 9.68. The van der Waals surface area contributed by atoms with Gasteiger partial charge in [0.25, 0.3) is 0 Å². The van der Waals surface area contributed by atoms with Crippen molar-refractivity contribution in [2.45, 2.75) is 58.2 Å². The Morgan fingerprint density at radius 2 is 2.00 bits per heavy atom. The van der Waals surface area contributed by atoms with Crippen LogP contribution < -0.4 is 5.73 Å². The molecular formula is C12H23NO. The molecule has 0 radical (unpaired) electrons. The van der Waals surface area contributed by atoms with Gasteiger partial charge in [0.05, 0.1) is 11.7 Å². The molecule has 82 valence electrons. The molecule has 2 heteroatoms. The van der Waals surface area contributed by atoms with Crippen LogP contribution in [0.2, 0.25) is 0 Å². The van der Waals surface area contributed by atoms with Gasteiger partial charge in [0.2, 0.25) is 0 Å². The van der Waals surface area contributed by atoms with Gasteiger partial charge in [-0.2, -0.15) is 0 Å². The fraction of sp³-hybridized carbons (Fsp3) is 1.00. The number of rotatable bonds is 2. The van der Waals surface area contributed by atoms with Crippen LogP contribution in [0, 0.1) is 11.3 Å². The Morgan fingerprint density at radius 3 is 2.36 bits per heavy atom. The van der Waals surface area contributed by atoms with Gasteiger partial charge in [0, 0.05) is 5.41 Å². The standard InChI is InChI=1S/C12H23NO/c1-11(2,3)14-10-7-9(8-13)12(10)5-4-6-12/h9-10H,4-8,13H2,1-3H3. The monoisotopic (exact) mass is 197 g/mol. The smallest absolute Gasteiger partial charge is 0.0644 e. The number of hydrogen-bond acceptors (Lipinski definition) is 2. The van der Waals surface area contributed by atoms with Crippen molar-refractivity contribution in [1.29, 1.82) is 0 Å². The van der Waals surface area contributed by atoms with Crippen LogP contribution in [0.5, 0.6) is 0 Å². The van der Waals surface area contributed by atoms with Gasteiger partial charge in [-0.05, 0) is 52.5 Å². The van der Waals surface area contributed by atoms with E-state index in [0.29, 0.717) is 11.5 Å². The van der Waals surface area contributed by atoms with Gasteiger partial charge >= 0.3 is 0 Å². The molecule has 2 rings (SSSR count). The van der Waals surface area contributed by atoms with E-state index in [2.05, 4.69) is 20.8 Å². The average Bonchev–Trinajstić information content (AvgIpc) is 1.91. The van der Waals surface area contributed by atoms with Crippen LogP contribution in [-0.4, -0.2) is 18.2 Å². The molecule has 0 amide bonds. The van der Waals surface area contributed by atoms with Crippen LogP contribution in [0.3, 0.4) is 0 Å². The summed E-state index contributed by atoms with van der Waals surface area (Å²) in [6.45, 7) is 7.30. The minimum Gasteiger partial charge on any atom is -0.372 e. The Hall–Kier alpha value is -0.0800. The van der Waals surface area contributed by atoms with Gasteiger partial charge in [-0.1, -0.05) is 6.42 Å². The Morgan fingerprint density at radius 1 is 1.36 bits per heavy atom. The zero-order chi connectivity index (χ0) is 10.4. The molecule has 14 heavy (non-hydrogen) atoms. The first-order valence-electron chi connectivity index (χ1n) is 5.86. The highest BCUT2D eigenvalue weighted by Gasteiger charge is 2.58. The molecule has 2 atom stereocenters. The van der Waals surface area contributed by atoms with Crippen LogP contribution in [0.25, 0.3) is 0 Å². The fourth-order valence-corrected chi connectivity index (χ4v) is 3.07. The zero-order valence-electron chi connectivity index (χ0n) is 9.68. The van der Waals surface area contributed by atoms with Crippen LogP contribution in [-0.2, 0) is 4.74 Å². The SMILES string of the molecule is CC(C)(C)OC1CC(CN)C12CCC2. The third kappa shape index (κ3) is 1.49. The van der Waals surface area contributed by atoms with E-state index in [4.69, 9.17) is 10.5 Å². The van der Waals surface area contributed by atoms with Crippen molar-refractivity contribution in [3.05, 3.63) is 0 Å². The minimum atomic E-state index is 0.00677. The lowest BCUT2D eigenvalue weighted by Crippen LogP contribution is -2.61. The molecule has 2 aliphatic rings. The summed E-state index contributed by atoms with van der Waals surface area (Å²) in [4.78, 5) is 0. The number of hydrogen-bond donors (Lipinski definition) is 1. The molecule has 0 heterocycles. The lowest BCUT2D eigenvalue weighted by Gasteiger charge is -2.62. The Kier molecular flexibility index (Phi) is 2.39. The second-order valence-electron chi connectivity index (χ2n) is 5.97. The Labute approximate surface area is 87.2 Å². The molecule has 2 nitrogen and oxygen atoms in total. The molecule has 0 bridgehead atoms. The fourth-order valence-electron chi connectivity index (χ4n) is 3.07. The first-order valence-corrected chi connectivity index (χ1v) is 5.86. The van der Waals surface area contributed by atoms with Gasteiger partial charge in [0.15, 0.2) is 0 Å². The van der Waals surface area contributed by atoms with Crippen molar-refractivity contribution < 1.29 is 4.74 Å². The van der Waals surface area contributed by atoms with Crippen LogP contribution in [0.1, 0.15) is 46.5 Å². The summed E-state index contributed by atoms with van der Waals surface area (Å²) in [5.41, 5.74) is 6.28. The van der Waals surface area contributed by atoms with Gasteiger partial charge in [0.1, 0.15) is 0 Å². The van der Waals surface area contributed by atoms with E-state index in [1.807, 2.05) is 0 Å². The van der Waals surface area contributed by atoms with Crippen LogP contribution >= 0.6 is 0 Å². The summed E-state index contributed by atoms with van der Waals surface area (Å²) >= 11 is 0. The molecule has 0 aliphatic heterocycles. The second kappa shape index (κ2) is 3.21. The van der Waals surface area contributed by atoms with Gasteiger partial charge in [-0.15, -0.1) is 0 Å². The molecular weight excluding hydrogens is 174 g/mol. The molecule has 2 N–H and O–H groups in total. The maximum absolute atomic E-state index is 6.11. The minimum absolute atomic E-state index is 0.00677. The van der Waals surface area contributed by atoms with Gasteiger partial charge < -0.3 is 10.5 Å². The predicted molar refractivity (Wildman–Crippen MR) is 58.1 cm³/mol. The van der Waals surface area contributed by atoms with Crippen molar-refractivity contribution in [3.8, 4) is 0 Å². The highest BCUT2D eigenvalue weighted by Crippen LogP contribution is 2.61. The third-order valence-electron chi connectivity index (χ3n) is 4.02. The summed E-state index contributed by atoms with van der Waals surface area (Å²) in [6.07, 6.45) is 5.74. The molecule has 2 fully saturated rings. The van der Waals surface area contributed by atoms with Crippen molar-refractivity contribution in [2.24, 2.45) is 17.1 Å². The van der Waals surface area contributed by atoms with E-state index in [9.17, 15) is 0 Å². The quantitative estimate of drug-likeness (QED) is 0.737. The number of ether oxygens (including phenoxy) is 1. The lowest BCUT2D eigenvalue weighted by atomic mass is 9.48. The first kappa shape index (κ1) is 10.4. The highest BCUT2D eigenvalue weighted by molar-refractivity contribution is 5.08.